The van der Waals surface area contributed by atoms with Crippen LogP contribution in [0.5, 0.6) is 0 Å². The highest BCUT2D eigenvalue weighted by molar-refractivity contribution is 6.35. The molecular formula is C13H14ClN. The zero-order chi connectivity index (χ0) is 11.0. The standard InChI is InChI=1S/C13H14ClN/c1-8(2)10-4-5-11(14)12-9(3)6-7-15-13(10)12/h4-8H,1-3H3. The van der Waals surface area contributed by atoms with Gasteiger partial charge in [-0.2, -0.15) is 0 Å². The first-order valence-electron chi connectivity index (χ1n) is 5.15. The Balaban J connectivity index is 2.89. The maximum absolute atomic E-state index is 6.20. The van der Waals surface area contributed by atoms with E-state index < -0.39 is 0 Å². The largest absolute Gasteiger partial charge is 0.256 e. The van der Waals surface area contributed by atoms with Crippen molar-refractivity contribution in [3.05, 3.63) is 40.5 Å². The molecule has 0 amide bonds. The summed E-state index contributed by atoms with van der Waals surface area (Å²) >= 11 is 6.20. The predicted molar refractivity (Wildman–Crippen MR) is 65.6 cm³/mol. The average Bonchev–Trinajstić information content (AvgIpc) is 2.17. The molecule has 1 aromatic carbocycles. The third-order valence-electron chi connectivity index (χ3n) is 2.70. The molecule has 0 bridgehead atoms. The molecule has 2 heteroatoms. The van der Waals surface area contributed by atoms with E-state index in [2.05, 4.69) is 31.8 Å². The molecule has 0 atom stereocenters. The Kier molecular flexibility index (Phi) is 2.66. The lowest BCUT2D eigenvalue weighted by atomic mass is 9.98. The Labute approximate surface area is 95.1 Å². The SMILES string of the molecule is Cc1ccnc2c(C(C)C)ccc(Cl)c12. The van der Waals surface area contributed by atoms with Gasteiger partial charge in [0.2, 0.25) is 0 Å². The number of pyridine rings is 1. The summed E-state index contributed by atoms with van der Waals surface area (Å²) in [7, 11) is 0. The van der Waals surface area contributed by atoms with Crippen LogP contribution in [0.4, 0.5) is 0 Å². The number of aromatic nitrogens is 1. The van der Waals surface area contributed by atoms with E-state index in [9.17, 15) is 0 Å². The summed E-state index contributed by atoms with van der Waals surface area (Å²) < 4.78 is 0. The van der Waals surface area contributed by atoms with Crippen molar-refractivity contribution in [2.24, 2.45) is 0 Å². The van der Waals surface area contributed by atoms with Gasteiger partial charge in [-0.3, -0.25) is 4.98 Å². The Morgan fingerprint density at radius 1 is 1.20 bits per heavy atom. The van der Waals surface area contributed by atoms with Crippen LogP contribution in [0.2, 0.25) is 5.02 Å². The normalized spacial score (nSPS) is 11.3. The van der Waals surface area contributed by atoms with E-state index in [1.807, 2.05) is 18.3 Å². The topological polar surface area (TPSA) is 12.9 Å². The quantitative estimate of drug-likeness (QED) is 0.696. The summed E-state index contributed by atoms with van der Waals surface area (Å²) in [5.74, 6) is 0.471. The second-order valence-corrected chi connectivity index (χ2v) is 4.55. The number of hydrogen-bond donors (Lipinski definition) is 0. The maximum atomic E-state index is 6.20. The van der Waals surface area contributed by atoms with Crippen LogP contribution in [-0.2, 0) is 0 Å². The highest BCUT2D eigenvalue weighted by atomic mass is 35.5. The van der Waals surface area contributed by atoms with Gasteiger partial charge in [0.1, 0.15) is 0 Å². The van der Waals surface area contributed by atoms with Crippen molar-refractivity contribution in [2.75, 3.05) is 0 Å². The smallest absolute Gasteiger partial charge is 0.0754 e. The molecule has 0 saturated carbocycles. The average molecular weight is 220 g/mol. The number of benzene rings is 1. The monoisotopic (exact) mass is 219 g/mol. The van der Waals surface area contributed by atoms with E-state index in [0.29, 0.717) is 5.92 Å². The summed E-state index contributed by atoms with van der Waals surface area (Å²) in [6.07, 6.45) is 1.85. The molecule has 0 aliphatic heterocycles. The number of nitrogens with zero attached hydrogens (tertiary/aromatic N) is 1. The van der Waals surface area contributed by atoms with Gasteiger partial charge in [0, 0.05) is 11.6 Å². The molecule has 0 radical (unpaired) electrons. The number of hydrogen-bond acceptors (Lipinski definition) is 1. The molecule has 1 aromatic heterocycles. The van der Waals surface area contributed by atoms with Gasteiger partial charge in [0.25, 0.3) is 0 Å². The summed E-state index contributed by atoms with van der Waals surface area (Å²) in [5.41, 5.74) is 3.49. The van der Waals surface area contributed by atoms with Crippen molar-refractivity contribution >= 4 is 22.5 Å². The first kappa shape index (κ1) is 10.4. The van der Waals surface area contributed by atoms with Crippen LogP contribution in [-0.4, -0.2) is 4.98 Å². The van der Waals surface area contributed by atoms with Crippen molar-refractivity contribution in [2.45, 2.75) is 26.7 Å². The Hall–Kier alpha value is -1.08. The molecule has 0 spiro atoms. The second-order valence-electron chi connectivity index (χ2n) is 4.14. The van der Waals surface area contributed by atoms with E-state index in [-0.39, 0.29) is 0 Å². The molecule has 1 nitrogen and oxygen atoms in total. The summed E-state index contributed by atoms with van der Waals surface area (Å²) in [4.78, 5) is 4.44. The minimum atomic E-state index is 0.471. The lowest BCUT2D eigenvalue weighted by molar-refractivity contribution is 0.872. The van der Waals surface area contributed by atoms with Crippen molar-refractivity contribution in [1.82, 2.24) is 4.98 Å². The highest BCUT2D eigenvalue weighted by Gasteiger charge is 2.10. The van der Waals surface area contributed by atoms with Gasteiger partial charge in [0.15, 0.2) is 0 Å². The van der Waals surface area contributed by atoms with Crippen molar-refractivity contribution < 1.29 is 0 Å². The first-order valence-corrected chi connectivity index (χ1v) is 5.52. The fraction of sp³-hybridized carbons (Fsp3) is 0.308. The van der Waals surface area contributed by atoms with Gasteiger partial charge < -0.3 is 0 Å². The lowest BCUT2D eigenvalue weighted by Crippen LogP contribution is -1.93. The van der Waals surface area contributed by atoms with Crippen LogP contribution in [0.25, 0.3) is 10.9 Å². The third-order valence-corrected chi connectivity index (χ3v) is 3.02. The van der Waals surface area contributed by atoms with Gasteiger partial charge in [0.05, 0.1) is 10.5 Å². The molecule has 0 aliphatic rings. The van der Waals surface area contributed by atoms with Gasteiger partial charge in [-0.1, -0.05) is 31.5 Å². The van der Waals surface area contributed by atoms with Crippen molar-refractivity contribution in [1.29, 1.82) is 0 Å². The second kappa shape index (κ2) is 3.82. The number of aryl methyl sites for hydroxylation is 1. The molecule has 0 N–H and O–H groups in total. The van der Waals surface area contributed by atoms with Gasteiger partial charge >= 0.3 is 0 Å². The fourth-order valence-electron chi connectivity index (χ4n) is 1.87. The molecule has 0 saturated heterocycles. The minimum absolute atomic E-state index is 0.471. The van der Waals surface area contributed by atoms with Gasteiger partial charge in [-0.15, -0.1) is 0 Å². The van der Waals surface area contributed by atoms with E-state index in [0.717, 1.165) is 15.9 Å². The van der Waals surface area contributed by atoms with Crippen LogP contribution >= 0.6 is 11.6 Å². The Morgan fingerprint density at radius 2 is 1.93 bits per heavy atom. The van der Waals surface area contributed by atoms with Crippen LogP contribution in [0.1, 0.15) is 30.9 Å². The fourth-order valence-corrected chi connectivity index (χ4v) is 2.17. The van der Waals surface area contributed by atoms with Crippen molar-refractivity contribution in [3.63, 3.8) is 0 Å². The predicted octanol–water partition coefficient (Wildman–Crippen LogP) is 4.32. The molecule has 0 aliphatic carbocycles. The van der Waals surface area contributed by atoms with Gasteiger partial charge in [-0.25, -0.2) is 0 Å². The lowest BCUT2D eigenvalue weighted by Gasteiger charge is -2.11. The zero-order valence-corrected chi connectivity index (χ0v) is 9.97. The molecule has 1 heterocycles. The van der Waals surface area contributed by atoms with E-state index in [1.165, 1.54) is 11.1 Å². The molecule has 78 valence electrons. The zero-order valence-electron chi connectivity index (χ0n) is 9.21. The highest BCUT2D eigenvalue weighted by Crippen LogP contribution is 2.31. The molecule has 2 aromatic rings. The molecular weight excluding hydrogens is 206 g/mol. The molecule has 2 rings (SSSR count). The number of halogens is 1. The Bertz CT molecular complexity index is 495. The first-order chi connectivity index (χ1) is 7.11. The van der Waals surface area contributed by atoms with E-state index >= 15 is 0 Å². The number of fused-ring (bicyclic) bond motifs is 1. The van der Waals surface area contributed by atoms with Crippen LogP contribution in [0, 0.1) is 6.92 Å². The third kappa shape index (κ3) is 1.72. The van der Waals surface area contributed by atoms with Gasteiger partial charge in [-0.05, 0) is 36.1 Å². The summed E-state index contributed by atoms with van der Waals surface area (Å²) in [5, 5.41) is 1.88. The van der Waals surface area contributed by atoms with Crippen molar-refractivity contribution in [3.8, 4) is 0 Å². The van der Waals surface area contributed by atoms with Crippen LogP contribution in [0.15, 0.2) is 24.4 Å². The molecule has 15 heavy (non-hydrogen) atoms. The minimum Gasteiger partial charge on any atom is -0.256 e. The molecule has 0 unspecified atom stereocenters. The maximum Gasteiger partial charge on any atom is 0.0754 e. The van der Waals surface area contributed by atoms with E-state index in [1.54, 1.807) is 0 Å². The summed E-state index contributed by atoms with van der Waals surface area (Å²) in [6, 6.07) is 6.04. The van der Waals surface area contributed by atoms with Crippen LogP contribution in [0.3, 0.4) is 0 Å². The van der Waals surface area contributed by atoms with Crippen LogP contribution < -0.4 is 0 Å². The molecule has 0 fully saturated rings. The Morgan fingerprint density at radius 3 is 2.60 bits per heavy atom. The number of rotatable bonds is 1. The van der Waals surface area contributed by atoms with E-state index in [4.69, 9.17) is 11.6 Å². The summed E-state index contributed by atoms with van der Waals surface area (Å²) in [6.45, 7) is 6.42.